The summed E-state index contributed by atoms with van der Waals surface area (Å²) in [7, 11) is 1.97. The van der Waals surface area contributed by atoms with Gasteiger partial charge in [0.15, 0.2) is 0 Å². The maximum absolute atomic E-state index is 11.5. The molecule has 174 valence electrons. The number of amides is 1. The van der Waals surface area contributed by atoms with E-state index in [1.807, 2.05) is 61.0 Å². The maximum atomic E-state index is 11.5. The molecule has 0 spiro atoms. The molecular weight excluding hydrogens is 442 g/mol. The number of carbonyl (C=O) groups excluding carboxylic acids is 1. The molecule has 4 heterocycles. The molecule has 1 saturated heterocycles. The van der Waals surface area contributed by atoms with Gasteiger partial charge in [-0.2, -0.15) is 0 Å². The van der Waals surface area contributed by atoms with Gasteiger partial charge in [-0.3, -0.25) is 9.78 Å². The molecule has 0 saturated carbocycles. The summed E-state index contributed by atoms with van der Waals surface area (Å²) in [6.07, 6.45) is 5.77. The third-order valence-corrected chi connectivity index (χ3v) is 6.24. The predicted molar refractivity (Wildman–Crippen MR) is 133 cm³/mol. The van der Waals surface area contributed by atoms with Gasteiger partial charge in [-0.15, -0.1) is 0 Å². The number of aryl methyl sites for hydroxylation is 2. The van der Waals surface area contributed by atoms with Gasteiger partial charge in [0.25, 0.3) is 0 Å². The number of aromatic nitrogens is 5. The van der Waals surface area contributed by atoms with Gasteiger partial charge in [0.2, 0.25) is 11.9 Å². The molecule has 1 fully saturated rings. The minimum Gasteiger partial charge on any atom is -0.457 e. The molecule has 1 unspecified atom stereocenters. The highest BCUT2D eigenvalue weighted by atomic mass is 16.5. The molecule has 3 aromatic heterocycles. The summed E-state index contributed by atoms with van der Waals surface area (Å²) in [5.74, 6) is 2.15. The van der Waals surface area contributed by atoms with Crippen molar-refractivity contribution < 1.29 is 9.53 Å². The lowest BCUT2D eigenvalue weighted by atomic mass is 10.0. The number of ether oxygens (including phenoxy) is 1. The Bertz CT molecular complexity index is 1590. The van der Waals surface area contributed by atoms with Crippen molar-refractivity contribution in [2.75, 3.05) is 11.9 Å². The Morgan fingerprint density at radius 2 is 1.97 bits per heavy atom. The number of fused-ring (bicyclic) bond motifs is 2. The zero-order valence-corrected chi connectivity index (χ0v) is 19.3. The van der Waals surface area contributed by atoms with E-state index < -0.39 is 0 Å². The fourth-order valence-corrected chi connectivity index (χ4v) is 4.33. The van der Waals surface area contributed by atoms with Crippen molar-refractivity contribution in [1.82, 2.24) is 29.8 Å². The Balaban J connectivity index is 1.18. The standard InChI is InChI=1S/C26H23N7O2/c1-15-7-18(3-6-24(15)35-19-4-5-23-21(10-19)30-14-33(23)2)31-26-29-12-16-8-20(27-13-22(16)32-26)17-9-25(34)28-11-17/h3-8,10,12-14,17H,9,11H2,1-2H3,(H,28,34)(H,29,31,32). The molecule has 9 heteroatoms. The average molecular weight is 466 g/mol. The van der Waals surface area contributed by atoms with Crippen molar-refractivity contribution in [2.45, 2.75) is 19.3 Å². The first-order valence-corrected chi connectivity index (χ1v) is 11.4. The first kappa shape index (κ1) is 21.0. The summed E-state index contributed by atoms with van der Waals surface area (Å²) in [4.78, 5) is 29.5. The Morgan fingerprint density at radius 1 is 1.06 bits per heavy atom. The van der Waals surface area contributed by atoms with Gasteiger partial charge in [-0.1, -0.05) is 0 Å². The molecule has 1 aliphatic rings. The van der Waals surface area contributed by atoms with Crippen LogP contribution in [0.1, 0.15) is 23.6 Å². The largest absolute Gasteiger partial charge is 0.457 e. The number of carbonyl (C=O) groups is 1. The first-order chi connectivity index (χ1) is 17.0. The van der Waals surface area contributed by atoms with E-state index in [4.69, 9.17) is 4.74 Å². The maximum Gasteiger partial charge on any atom is 0.227 e. The van der Waals surface area contributed by atoms with E-state index in [-0.39, 0.29) is 11.8 Å². The lowest BCUT2D eigenvalue weighted by molar-refractivity contribution is -0.119. The minimum absolute atomic E-state index is 0.0636. The van der Waals surface area contributed by atoms with Crippen LogP contribution >= 0.6 is 0 Å². The smallest absolute Gasteiger partial charge is 0.227 e. The Morgan fingerprint density at radius 3 is 2.80 bits per heavy atom. The summed E-state index contributed by atoms with van der Waals surface area (Å²) >= 11 is 0. The zero-order valence-electron chi connectivity index (χ0n) is 19.3. The van der Waals surface area contributed by atoms with Crippen molar-refractivity contribution in [1.29, 1.82) is 0 Å². The molecule has 9 nitrogen and oxygen atoms in total. The Labute approximate surface area is 201 Å². The number of imidazole rings is 1. The fraction of sp³-hybridized carbons (Fsp3) is 0.192. The van der Waals surface area contributed by atoms with Crippen molar-refractivity contribution in [3.8, 4) is 11.5 Å². The number of anilines is 2. The molecule has 0 aliphatic carbocycles. The van der Waals surface area contributed by atoms with Crippen molar-refractivity contribution in [2.24, 2.45) is 7.05 Å². The molecule has 1 amide bonds. The van der Waals surface area contributed by atoms with E-state index in [1.165, 1.54) is 0 Å². The number of hydrogen-bond acceptors (Lipinski definition) is 7. The van der Waals surface area contributed by atoms with Crippen molar-refractivity contribution in [3.05, 3.63) is 72.4 Å². The van der Waals surface area contributed by atoms with Crippen LogP contribution in [-0.4, -0.2) is 37.0 Å². The van der Waals surface area contributed by atoms with Crippen molar-refractivity contribution in [3.63, 3.8) is 0 Å². The highest BCUT2D eigenvalue weighted by molar-refractivity contribution is 5.81. The van der Waals surface area contributed by atoms with Crippen LogP contribution in [0.4, 0.5) is 11.6 Å². The number of rotatable bonds is 5. The fourth-order valence-electron chi connectivity index (χ4n) is 4.33. The van der Waals surface area contributed by atoms with Gasteiger partial charge < -0.3 is 19.9 Å². The Kier molecular flexibility index (Phi) is 5.02. The summed E-state index contributed by atoms with van der Waals surface area (Å²) in [5, 5.41) is 7.00. The first-order valence-electron chi connectivity index (χ1n) is 11.4. The second-order valence-corrected chi connectivity index (χ2v) is 8.78. The summed E-state index contributed by atoms with van der Waals surface area (Å²) < 4.78 is 8.08. The molecular formula is C26H23N7O2. The van der Waals surface area contributed by atoms with Crippen LogP contribution in [0.5, 0.6) is 11.5 Å². The van der Waals surface area contributed by atoms with Crippen molar-refractivity contribution >= 4 is 39.5 Å². The van der Waals surface area contributed by atoms with Crippen LogP contribution in [0.3, 0.4) is 0 Å². The zero-order chi connectivity index (χ0) is 23.9. The molecule has 0 radical (unpaired) electrons. The van der Waals surface area contributed by atoms with Gasteiger partial charge in [-0.25, -0.2) is 15.0 Å². The number of pyridine rings is 1. The Hall–Kier alpha value is -4.53. The number of nitrogens with zero attached hydrogens (tertiary/aromatic N) is 5. The third kappa shape index (κ3) is 4.12. The highest BCUT2D eigenvalue weighted by Crippen LogP contribution is 2.30. The van der Waals surface area contributed by atoms with E-state index in [2.05, 4.69) is 30.6 Å². The van der Waals surface area contributed by atoms with Crippen LogP contribution < -0.4 is 15.4 Å². The molecule has 5 aromatic rings. The molecule has 2 N–H and O–H groups in total. The average Bonchev–Trinajstić information content (AvgIpc) is 3.46. The predicted octanol–water partition coefficient (Wildman–Crippen LogP) is 4.36. The van der Waals surface area contributed by atoms with E-state index in [0.717, 1.165) is 50.4 Å². The molecule has 35 heavy (non-hydrogen) atoms. The molecule has 2 aromatic carbocycles. The van der Waals surface area contributed by atoms with Crippen LogP contribution in [-0.2, 0) is 11.8 Å². The lowest BCUT2D eigenvalue weighted by Crippen LogP contribution is -2.13. The van der Waals surface area contributed by atoms with Gasteiger partial charge >= 0.3 is 0 Å². The monoisotopic (exact) mass is 465 g/mol. The van der Waals surface area contributed by atoms with Gasteiger partial charge in [0.1, 0.15) is 11.5 Å². The van der Waals surface area contributed by atoms with Crippen LogP contribution in [0.15, 0.2) is 61.2 Å². The summed E-state index contributed by atoms with van der Waals surface area (Å²) in [5.41, 5.74) is 5.40. The summed E-state index contributed by atoms with van der Waals surface area (Å²) in [6.45, 7) is 2.61. The van der Waals surface area contributed by atoms with Crippen LogP contribution in [0.25, 0.3) is 21.9 Å². The molecule has 0 bridgehead atoms. The van der Waals surface area contributed by atoms with Gasteiger partial charge in [0.05, 0.1) is 29.1 Å². The number of hydrogen-bond donors (Lipinski definition) is 2. The lowest BCUT2D eigenvalue weighted by Gasteiger charge is -2.12. The SMILES string of the molecule is Cc1cc(Nc2ncc3cc(C4CNC(=O)C4)ncc3n2)ccc1Oc1ccc2c(c1)ncn2C. The quantitative estimate of drug-likeness (QED) is 0.397. The second kappa shape index (κ2) is 8.35. The molecule has 1 aliphatic heterocycles. The molecule has 6 rings (SSSR count). The third-order valence-electron chi connectivity index (χ3n) is 6.24. The topological polar surface area (TPSA) is 107 Å². The van der Waals surface area contributed by atoms with Crippen LogP contribution in [0, 0.1) is 6.92 Å². The highest BCUT2D eigenvalue weighted by Gasteiger charge is 2.24. The molecule has 1 atom stereocenters. The van der Waals surface area contributed by atoms with Gasteiger partial charge in [-0.05, 0) is 48.9 Å². The number of nitrogens with one attached hydrogen (secondary N) is 2. The van der Waals surface area contributed by atoms with E-state index >= 15 is 0 Å². The van der Waals surface area contributed by atoms with E-state index in [9.17, 15) is 4.79 Å². The minimum atomic E-state index is 0.0636. The normalized spacial score (nSPS) is 15.5. The van der Waals surface area contributed by atoms with Crippen LogP contribution in [0.2, 0.25) is 0 Å². The number of benzene rings is 2. The van der Waals surface area contributed by atoms with E-state index in [0.29, 0.717) is 18.9 Å². The second-order valence-electron chi connectivity index (χ2n) is 8.78. The van der Waals surface area contributed by atoms with Gasteiger partial charge in [0, 0.05) is 55.0 Å². The summed E-state index contributed by atoms with van der Waals surface area (Å²) in [6, 6.07) is 13.7. The van der Waals surface area contributed by atoms with E-state index in [1.54, 1.807) is 18.7 Å².